The van der Waals surface area contributed by atoms with Gasteiger partial charge in [-0.05, 0) is 35.7 Å². The highest BCUT2D eigenvalue weighted by atomic mass is 16.6. The van der Waals surface area contributed by atoms with E-state index in [1.54, 1.807) is 22.8 Å². The zero-order chi connectivity index (χ0) is 16.3. The first kappa shape index (κ1) is 15.4. The molecule has 0 spiro atoms. The van der Waals surface area contributed by atoms with E-state index in [9.17, 15) is 14.9 Å². The van der Waals surface area contributed by atoms with Crippen molar-refractivity contribution >= 4 is 5.69 Å². The molecule has 0 saturated carbocycles. The van der Waals surface area contributed by atoms with Crippen molar-refractivity contribution in [2.24, 2.45) is 5.92 Å². The normalized spacial score (nSPS) is 10.5. The summed E-state index contributed by atoms with van der Waals surface area (Å²) in [6.07, 6.45) is 0. The van der Waals surface area contributed by atoms with Crippen LogP contribution < -0.4 is 5.56 Å². The molecule has 2 rings (SSSR count). The molecule has 1 aromatic carbocycles. The lowest BCUT2D eigenvalue weighted by Crippen LogP contribution is -2.26. The number of non-ortho nitro benzene ring substituents is 1. The van der Waals surface area contributed by atoms with Gasteiger partial charge in [-0.25, -0.2) is 0 Å². The first-order chi connectivity index (χ1) is 10.4. The van der Waals surface area contributed by atoms with Crippen LogP contribution in [0.5, 0.6) is 0 Å². The summed E-state index contributed by atoms with van der Waals surface area (Å²) >= 11 is 0. The molecule has 0 atom stereocenters. The number of hydrogen-bond donors (Lipinski definition) is 0. The molecule has 6 heteroatoms. The van der Waals surface area contributed by atoms with Crippen molar-refractivity contribution in [1.29, 1.82) is 5.26 Å². The number of nitro groups is 1. The summed E-state index contributed by atoms with van der Waals surface area (Å²) in [5.41, 5.74) is 1.09. The summed E-state index contributed by atoms with van der Waals surface area (Å²) in [6.45, 7) is 4.43. The molecule has 0 unspecified atom stereocenters. The van der Waals surface area contributed by atoms with Gasteiger partial charge in [0.1, 0.15) is 11.6 Å². The number of nitrogens with zero attached hydrogens (tertiary/aromatic N) is 3. The van der Waals surface area contributed by atoms with E-state index >= 15 is 0 Å². The minimum atomic E-state index is -0.468. The molecule has 0 amide bonds. The van der Waals surface area contributed by atoms with Crippen LogP contribution in [0.1, 0.15) is 19.4 Å². The Balaban J connectivity index is 2.59. The number of nitro benzene ring substituents is 1. The van der Waals surface area contributed by atoms with Gasteiger partial charge in [-0.3, -0.25) is 14.9 Å². The Morgan fingerprint density at radius 2 is 1.86 bits per heavy atom. The number of nitriles is 1. The van der Waals surface area contributed by atoms with Crippen LogP contribution in [0.2, 0.25) is 0 Å². The quantitative estimate of drug-likeness (QED) is 0.641. The molecular weight excluding hydrogens is 282 g/mol. The number of aromatic nitrogens is 1. The van der Waals surface area contributed by atoms with Crippen molar-refractivity contribution in [1.82, 2.24) is 4.57 Å². The Bertz CT molecular complexity index is 799. The van der Waals surface area contributed by atoms with Crippen molar-refractivity contribution in [3.8, 4) is 17.3 Å². The summed E-state index contributed by atoms with van der Waals surface area (Å²) in [6, 6.07) is 11.1. The van der Waals surface area contributed by atoms with Crippen LogP contribution in [0, 0.1) is 27.4 Å². The highest BCUT2D eigenvalue weighted by Gasteiger charge is 2.13. The highest BCUT2D eigenvalue weighted by molar-refractivity contribution is 5.62. The van der Waals surface area contributed by atoms with Crippen LogP contribution >= 0.6 is 0 Å². The van der Waals surface area contributed by atoms with E-state index < -0.39 is 4.92 Å². The van der Waals surface area contributed by atoms with Crippen LogP contribution in [0.3, 0.4) is 0 Å². The topological polar surface area (TPSA) is 88.9 Å². The van der Waals surface area contributed by atoms with Crippen LogP contribution in [0.4, 0.5) is 5.69 Å². The zero-order valence-electron chi connectivity index (χ0n) is 12.3. The second-order valence-corrected chi connectivity index (χ2v) is 5.36. The van der Waals surface area contributed by atoms with E-state index in [-0.39, 0.29) is 22.7 Å². The maximum atomic E-state index is 12.3. The smallest absolute Gasteiger partial charge is 0.269 e. The molecular formula is C16H15N3O3. The lowest BCUT2D eigenvalue weighted by molar-refractivity contribution is -0.384. The first-order valence-corrected chi connectivity index (χ1v) is 6.82. The van der Waals surface area contributed by atoms with Gasteiger partial charge in [-0.15, -0.1) is 0 Å². The van der Waals surface area contributed by atoms with E-state index in [0.717, 1.165) is 0 Å². The molecule has 0 radical (unpaired) electrons. The standard InChI is InChI=1S/C16H15N3O3/c1-11(2)10-18-15(8-5-13(9-17)16(18)20)12-3-6-14(7-4-12)19(21)22/h3-8,11H,10H2,1-2H3. The minimum Gasteiger partial charge on any atom is -0.307 e. The summed E-state index contributed by atoms with van der Waals surface area (Å²) in [5.74, 6) is 0.225. The Labute approximate surface area is 127 Å². The van der Waals surface area contributed by atoms with Gasteiger partial charge in [-0.2, -0.15) is 5.26 Å². The lowest BCUT2D eigenvalue weighted by atomic mass is 10.1. The van der Waals surface area contributed by atoms with Gasteiger partial charge in [0.05, 0.1) is 10.6 Å². The molecule has 0 fully saturated rings. The number of pyridine rings is 1. The number of hydrogen-bond acceptors (Lipinski definition) is 4. The van der Waals surface area contributed by atoms with Crippen LogP contribution in [-0.2, 0) is 6.54 Å². The molecule has 1 aromatic heterocycles. The molecule has 22 heavy (non-hydrogen) atoms. The Hall–Kier alpha value is -2.94. The van der Waals surface area contributed by atoms with Gasteiger partial charge in [0.2, 0.25) is 0 Å². The predicted octanol–water partition coefficient (Wildman–Crippen LogP) is 2.95. The maximum Gasteiger partial charge on any atom is 0.269 e. The molecule has 2 aromatic rings. The molecule has 0 N–H and O–H groups in total. The second-order valence-electron chi connectivity index (χ2n) is 5.36. The van der Waals surface area contributed by atoms with Gasteiger partial charge < -0.3 is 4.57 Å². The fourth-order valence-electron chi connectivity index (χ4n) is 2.22. The molecule has 0 aliphatic heterocycles. The summed E-state index contributed by atoms with van der Waals surface area (Å²) in [4.78, 5) is 22.6. The first-order valence-electron chi connectivity index (χ1n) is 6.82. The average molecular weight is 297 g/mol. The van der Waals surface area contributed by atoms with Gasteiger partial charge in [0, 0.05) is 18.7 Å². The fourth-order valence-corrected chi connectivity index (χ4v) is 2.22. The monoisotopic (exact) mass is 297 g/mol. The maximum absolute atomic E-state index is 12.3. The second kappa shape index (κ2) is 6.22. The van der Waals surface area contributed by atoms with E-state index in [4.69, 9.17) is 5.26 Å². The van der Waals surface area contributed by atoms with Gasteiger partial charge >= 0.3 is 0 Å². The lowest BCUT2D eigenvalue weighted by Gasteiger charge is -2.15. The van der Waals surface area contributed by atoms with Gasteiger partial charge in [-0.1, -0.05) is 13.8 Å². The molecule has 0 aliphatic rings. The summed E-state index contributed by atoms with van der Waals surface area (Å²) < 4.78 is 1.55. The largest absolute Gasteiger partial charge is 0.307 e. The average Bonchev–Trinajstić information content (AvgIpc) is 2.49. The van der Waals surface area contributed by atoms with E-state index in [2.05, 4.69) is 0 Å². The third-order valence-electron chi connectivity index (χ3n) is 3.22. The fraction of sp³-hybridized carbons (Fsp3) is 0.250. The van der Waals surface area contributed by atoms with E-state index in [1.165, 1.54) is 18.2 Å². The molecule has 0 saturated heterocycles. The van der Waals surface area contributed by atoms with Gasteiger partial charge in [0.15, 0.2) is 0 Å². The van der Waals surface area contributed by atoms with Crippen molar-refractivity contribution in [3.05, 3.63) is 62.4 Å². The highest BCUT2D eigenvalue weighted by Crippen LogP contribution is 2.22. The summed E-state index contributed by atoms with van der Waals surface area (Å²) in [7, 11) is 0. The van der Waals surface area contributed by atoms with Crippen LogP contribution in [0.25, 0.3) is 11.3 Å². The molecule has 6 nitrogen and oxygen atoms in total. The number of benzene rings is 1. The molecule has 112 valence electrons. The summed E-state index contributed by atoms with van der Waals surface area (Å²) in [5, 5.41) is 19.7. The molecule has 1 heterocycles. The van der Waals surface area contributed by atoms with Crippen molar-refractivity contribution in [2.75, 3.05) is 0 Å². The Morgan fingerprint density at radius 1 is 1.23 bits per heavy atom. The van der Waals surface area contributed by atoms with Crippen LogP contribution in [0.15, 0.2) is 41.2 Å². The van der Waals surface area contributed by atoms with E-state index in [1.807, 2.05) is 19.9 Å². The third-order valence-corrected chi connectivity index (χ3v) is 3.22. The Morgan fingerprint density at radius 3 is 2.36 bits per heavy atom. The van der Waals surface area contributed by atoms with Gasteiger partial charge in [0.25, 0.3) is 11.2 Å². The van der Waals surface area contributed by atoms with Crippen molar-refractivity contribution < 1.29 is 4.92 Å². The zero-order valence-corrected chi connectivity index (χ0v) is 12.3. The van der Waals surface area contributed by atoms with Crippen LogP contribution in [-0.4, -0.2) is 9.49 Å². The minimum absolute atomic E-state index is 0.00449. The molecule has 0 aliphatic carbocycles. The Kier molecular flexibility index (Phi) is 4.37. The van der Waals surface area contributed by atoms with E-state index in [0.29, 0.717) is 17.8 Å². The third kappa shape index (κ3) is 3.04. The van der Waals surface area contributed by atoms with Crippen molar-refractivity contribution in [3.63, 3.8) is 0 Å². The van der Waals surface area contributed by atoms with Crippen molar-refractivity contribution in [2.45, 2.75) is 20.4 Å². The SMILES string of the molecule is CC(C)Cn1c(-c2ccc([N+](=O)[O-])cc2)ccc(C#N)c1=O. The number of rotatable bonds is 4. The predicted molar refractivity (Wildman–Crippen MR) is 82.3 cm³/mol. The molecule has 0 bridgehead atoms.